The number of benzene rings is 2. The first-order chi connectivity index (χ1) is 19.2. The molecule has 3 atom stereocenters. The van der Waals surface area contributed by atoms with Gasteiger partial charge in [0.15, 0.2) is 5.60 Å². The third-order valence-corrected chi connectivity index (χ3v) is 9.26. The van der Waals surface area contributed by atoms with Crippen LogP contribution in [0.1, 0.15) is 62.1 Å². The molecular weight excluding hydrogens is 528 g/mol. The minimum atomic E-state index is -2.40. The first-order valence-electron chi connectivity index (χ1n) is 14.3. The van der Waals surface area contributed by atoms with Gasteiger partial charge in [-0.05, 0) is 86.4 Å². The van der Waals surface area contributed by atoms with Crippen molar-refractivity contribution in [3.8, 4) is 5.75 Å². The van der Waals surface area contributed by atoms with Gasteiger partial charge in [-0.15, -0.1) is 0 Å². The molecular formula is C32H39ClN2O5. The topological polar surface area (TPSA) is 90.3 Å². The molecule has 0 fully saturated rings. The number of hydrogen-bond donors (Lipinski definition) is 2. The number of ether oxygens (including phenoxy) is 1. The van der Waals surface area contributed by atoms with Crippen LogP contribution < -0.4 is 9.64 Å². The number of halogens is 1. The lowest BCUT2D eigenvalue weighted by atomic mass is 9.70. The van der Waals surface area contributed by atoms with Gasteiger partial charge in [0.05, 0.1) is 18.2 Å². The molecule has 2 aliphatic heterocycles. The largest absolute Gasteiger partial charge is 0.490 e. The van der Waals surface area contributed by atoms with E-state index in [0.717, 1.165) is 62.2 Å². The highest BCUT2D eigenvalue weighted by molar-refractivity contribution is 6.30. The summed E-state index contributed by atoms with van der Waals surface area (Å²) < 4.78 is 6.50. The van der Waals surface area contributed by atoms with Gasteiger partial charge in [-0.3, -0.25) is 4.79 Å². The smallest absolute Gasteiger partial charge is 0.341 e. The zero-order valence-corrected chi connectivity index (χ0v) is 24.1. The molecule has 5 rings (SSSR count). The molecule has 3 aliphatic rings. The zero-order chi connectivity index (χ0) is 28.5. The second kappa shape index (κ2) is 11.5. The Morgan fingerprint density at radius 3 is 2.73 bits per heavy atom. The predicted octanol–water partition coefficient (Wildman–Crippen LogP) is 5.31. The minimum absolute atomic E-state index is 0.177. The van der Waals surface area contributed by atoms with Crippen LogP contribution in [0.4, 0.5) is 5.69 Å². The van der Waals surface area contributed by atoms with Crippen molar-refractivity contribution in [2.45, 2.75) is 62.9 Å². The SMILES string of the molecule is CC1C(=O)N(C)C/C=C\CCCCCN2C[C@@]3(CCCc4cc(Cl)ccc43)COc3ccc(cc32)[C@]1(O)C(=O)O. The number of nitrogens with zero attached hydrogens (tertiary/aromatic N) is 2. The summed E-state index contributed by atoms with van der Waals surface area (Å²) in [5.41, 5.74) is 0.817. The van der Waals surface area contributed by atoms with E-state index in [1.54, 1.807) is 25.2 Å². The van der Waals surface area contributed by atoms with Crippen LogP contribution in [0.5, 0.6) is 5.75 Å². The van der Waals surface area contributed by atoms with Gasteiger partial charge in [0.25, 0.3) is 0 Å². The van der Waals surface area contributed by atoms with Crippen molar-refractivity contribution in [2.75, 3.05) is 38.2 Å². The maximum Gasteiger partial charge on any atom is 0.341 e. The Labute approximate surface area is 241 Å². The summed E-state index contributed by atoms with van der Waals surface area (Å²) in [6, 6.07) is 11.2. The van der Waals surface area contributed by atoms with E-state index in [4.69, 9.17) is 16.3 Å². The maximum atomic E-state index is 13.3. The van der Waals surface area contributed by atoms with E-state index < -0.39 is 23.4 Å². The number of carboxylic acid groups (broad SMARTS) is 1. The highest BCUT2D eigenvalue weighted by atomic mass is 35.5. The number of aliphatic carboxylic acids is 1. The van der Waals surface area contributed by atoms with Crippen molar-refractivity contribution in [3.05, 3.63) is 70.3 Å². The van der Waals surface area contributed by atoms with E-state index in [0.29, 0.717) is 25.4 Å². The number of hydrogen-bond acceptors (Lipinski definition) is 5. The molecule has 2 aromatic rings. The number of fused-ring (bicyclic) bond motifs is 3. The molecule has 0 saturated carbocycles. The number of carbonyl (C=O) groups excluding carboxylic acids is 1. The highest BCUT2D eigenvalue weighted by Gasteiger charge is 2.49. The van der Waals surface area contributed by atoms with E-state index in [2.05, 4.69) is 23.1 Å². The number of carboxylic acids is 1. The van der Waals surface area contributed by atoms with Crippen molar-refractivity contribution >= 4 is 29.2 Å². The molecule has 2 bridgehead atoms. The number of amides is 1. The fraction of sp³-hybridized carbons (Fsp3) is 0.500. The Morgan fingerprint density at radius 1 is 1.10 bits per heavy atom. The summed E-state index contributed by atoms with van der Waals surface area (Å²) in [4.78, 5) is 29.7. The first kappa shape index (κ1) is 28.5. The van der Waals surface area contributed by atoms with Gasteiger partial charge >= 0.3 is 5.97 Å². The van der Waals surface area contributed by atoms with Crippen molar-refractivity contribution < 1.29 is 24.5 Å². The second-order valence-corrected chi connectivity index (χ2v) is 12.1. The molecule has 1 amide bonds. The molecule has 2 aromatic carbocycles. The third-order valence-electron chi connectivity index (χ3n) is 9.02. The van der Waals surface area contributed by atoms with Gasteiger partial charge in [-0.2, -0.15) is 0 Å². The maximum absolute atomic E-state index is 13.3. The Kier molecular flexibility index (Phi) is 8.16. The van der Waals surface area contributed by atoms with E-state index in [9.17, 15) is 19.8 Å². The average molecular weight is 567 g/mol. The van der Waals surface area contributed by atoms with E-state index in [1.165, 1.54) is 23.0 Å². The molecule has 8 heteroatoms. The van der Waals surface area contributed by atoms with Gasteiger partial charge in [-0.25, -0.2) is 4.79 Å². The quantitative estimate of drug-likeness (QED) is 0.455. The lowest BCUT2D eigenvalue weighted by Gasteiger charge is -2.41. The van der Waals surface area contributed by atoms with Crippen molar-refractivity contribution in [3.63, 3.8) is 0 Å². The average Bonchev–Trinajstić information content (AvgIpc) is 3.09. The Hall–Kier alpha value is -3.03. The molecule has 0 aromatic heterocycles. The number of aryl methyl sites for hydroxylation is 1. The Balaban J connectivity index is 1.60. The summed E-state index contributed by atoms with van der Waals surface area (Å²) in [7, 11) is 1.63. The lowest BCUT2D eigenvalue weighted by molar-refractivity contribution is -0.172. The van der Waals surface area contributed by atoms with Gasteiger partial charge in [-0.1, -0.05) is 42.3 Å². The number of allylic oxidation sites excluding steroid dienone is 1. The highest BCUT2D eigenvalue weighted by Crippen LogP contribution is 2.46. The molecule has 40 heavy (non-hydrogen) atoms. The fourth-order valence-electron chi connectivity index (χ4n) is 6.64. The van der Waals surface area contributed by atoms with Crippen LogP contribution in [0.25, 0.3) is 0 Å². The number of aliphatic hydroxyl groups is 1. The van der Waals surface area contributed by atoms with E-state index in [-0.39, 0.29) is 11.0 Å². The van der Waals surface area contributed by atoms with Crippen LogP contribution >= 0.6 is 11.6 Å². The van der Waals surface area contributed by atoms with E-state index >= 15 is 0 Å². The van der Waals surface area contributed by atoms with Gasteiger partial charge < -0.3 is 24.7 Å². The van der Waals surface area contributed by atoms with E-state index in [1.807, 2.05) is 12.1 Å². The van der Waals surface area contributed by atoms with Crippen LogP contribution in [-0.4, -0.2) is 60.3 Å². The second-order valence-electron chi connectivity index (χ2n) is 11.7. The number of carbonyl (C=O) groups is 2. The molecule has 7 nitrogen and oxygen atoms in total. The first-order valence-corrected chi connectivity index (χ1v) is 14.7. The monoisotopic (exact) mass is 566 g/mol. The molecule has 0 radical (unpaired) electrons. The minimum Gasteiger partial charge on any atom is -0.490 e. The number of likely N-dealkylation sites (N-methyl/N-ethyl adjacent to an activating group) is 1. The van der Waals surface area contributed by atoms with Crippen molar-refractivity contribution in [1.82, 2.24) is 4.90 Å². The standard InChI is InChI=1S/C32H39ClN2O5/c1-22-29(36)34(2)16-7-5-3-4-6-8-17-35-20-31(15-9-10-23-18-25(33)12-13-26(23)31)21-40-28-14-11-24(19-27(28)35)32(22,39)30(37)38/h5,7,11-14,18-19,22,39H,3-4,6,8-10,15-17,20-21H2,1-2H3,(H,37,38)/b7-5-/t22?,31-,32-/m0/s1. The summed E-state index contributed by atoms with van der Waals surface area (Å²) >= 11 is 6.36. The fourth-order valence-corrected chi connectivity index (χ4v) is 6.83. The Morgan fingerprint density at radius 2 is 1.93 bits per heavy atom. The predicted molar refractivity (Wildman–Crippen MR) is 156 cm³/mol. The molecule has 1 spiro atoms. The van der Waals surface area contributed by atoms with Gasteiger partial charge in [0, 0.05) is 37.1 Å². The van der Waals surface area contributed by atoms with Crippen molar-refractivity contribution in [2.24, 2.45) is 5.92 Å². The summed E-state index contributed by atoms with van der Waals surface area (Å²) in [6.07, 6.45) is 11.0. The van der Waals surface area contributed by atoms with Gasteiger partial charge in [0.2, 0.25) is 5.91 Å². The summed E-state index contributed by atoms with van der Waals surface area (Å²) in [5.74, 6) is -2.42. The van der Waals surface area contributed by atoms with Crippen molar-refractivity contribution in [1.29, 1.82) is 0 Å². The molecule has 214 valence electrons. The Bertz CT molecular complexity index is 1310. The summed E-state index contributed by atoms with van der Waals surface area (Å²) in [6.45, 7) is 3.83. The van der Waals surface area contributed by atoms with Crippen LogP contribution in [0.15, 0.2) is 48.6 Å². The molecule has 1 unspecified atom stereocenters. The molecule has 2 heterocycles. The van der Waals surface area contributed by atoms with Crippen LogP contribution in [0, 0.1) is 5.92 Å². The summed E-state index contributed by atoms with van der Waals surface area (Å²) in [5, 5.41) is 22.7. The normalized spacial score (nSPS) is 28.4. The van der Waals surface area contributed by atoms with Gasteiger partial charge in [0.1, 0.15) is 5.75 Å². The lowest BCUT2D eigenvalue weighted by Crippen LogP contribution is -2.49. The van der Waals surface area contributed by atoms with Crippen LogP contribution in [0.3, 0.4) is 0 Å². The third kappa shape index (κ3) is 5.21. The molecule has 1 aliphatic carbocycles. The number of rotatable bonds is 1. The zero-order valence-electron chi connectivity index (χ0n) is 23.4. The van der Waals surface area contributed by atoms with Crippen LogP contribution in [-0.2, 0) is 27.0 Å². The molecule has 2 N–H and O–H groups in total. The molecule has 0 saturated heterocycles. The number of anilines is 1. The van der Waals surface area contributed by atoms with Crippen LogP contribution in [0.2, 0.25) is 5.02 Å².